The first kappa shape index (κ1) is 13.2. The van der Waals surface area contributed by atoms with Crippen LogP contribution >= 0.6 is 0 Å². The van der Waals surface area contributed by atoms with E-state index in [0.717, 1.165) is 11.1 Å². The largest absolute Gasteiger partial charge is 0.329 e. The van der Waals surface area contributed by atoms with Crippen LogP contribution in [-0.2, 0) is 9.84 Å². The summed E-state index contributed by atoms with van der Waals surface area (Å²) in [6, 6.07) is 5.35. The summed E-state index contributed by atoms with van der Waals surface area (Å²) in [4.78, 5) is 0.383. The Bertz CT molecular complexity index is 490. The molecule has 0 saturated carbocycles. The Balaban J connectivity index is 3.40. The first-order chi connectivity index (χ1) is 7.22. The minimum atomic E-state index is -3.36. The van der Waals surface area contributed by atoms with Crippen molar-refractivity contribution in [2.24, 2.45) is 5.73 Å². The lowest BCUT2D eigenvalue weighted by molar-refractivity contribution is 0.548. The van der Waals surface area contributed by atoms with Gasteiger partial charge in [0, 0.05) is 6.54 Å². The minimum absolute atomic E-state index is 0.114. The third-order valence-electron chi connectivity index (χ3n) is 2.84. The molecule has 90 valence electrons. The van der Waals surface area contributed by atoms with Gasteiger partial charge in [-0.15, -0.1) is 0 Å². The molecule has 0 atom stereocenters. The van der Waals surface area contributed by atoms with Crippen molar-refractivity contribution in [1.82, 2.24) is 0 Å². The molecule has 0 radical (unpaired) electrons. The zero-order chi connectivity index (χ0) is 12.6. The first-order valence-electron chi connectivity index (χ1n) is 5.24. The zero-order valence-electron chi connectivity index (χ0n) is 10.2. The van der Waals surface area contributed by atoms with Gasteiger partial charge < -0.3 is 5.73 Å². The van der Waals surface area contributed by atoms with Crippen molar-refractivity contribution >= 4 is 9.84 Å². The molecule has 0 aliphatic carbocycles. The quantitative estimate of drug-likeness (QED) is 0.878. The number of aryl methyl sites for hydroxylation is 2. The Hall–Kier alpha value is -0.870. The van der Waals surface area contributed by atoms with E-state index in [0.29, 0.717) is 4.90 Å². The summed E-state index contributed by atoms with van der Waals surface area (Å²) in [7, 11) is -3.36. The van der Waals surface area contributed by atoms with Crippen LogP contribution in [0.2, 0.25) is 0 Å². The van der Waals surface area contributed by atoms with Crippen molar-refractivity contribution in [3.05, 3.63) is 29.3 Å². The summed E-state index contributed by atoms with van der Waals surface area (Å²) in [5.74, 6) is 0. The van der Waals surface area contributed by atoms with Crippen molar-refractivity contribution in [2.45, 2.75) is 37.3 Å². The van der Waals surface area contributed by atoms with E-state index in [1.165, 1.54) is 0 Å². The molecule has 0 spiro atoms. The standard InChI is InChI=1S/C12H19NO2S/c1-9-5-6-11(10(2)7-9)16(14,15)12(3,4)8-13/h5-7H,8,13H2,1-4H3. The normalized spacial score (nSPS) is 12.8. The van der Waals surface area contributed by atoms with Gasteiger partial charge in [0.1, 0.15) is 0 Å². The third-order valence-corrected chi connectivity index (χ3v) is 5.50. The van der Waals surface area contributed by atoms with Crippen LogP contribution in [-0.4, -0.2) is 19.7 Å². The molecule has 0 amide bonds. The highest BCUT2D eigenvalue weighted by Gasteiger charge is 2.35. The molecule has 4 heteroatoms. The van der Waals surface area contributed by atoms with Gasteiger partial charge in [-0.1, -0.05) is 17.7 Å². The molecule has 0 aliphatic heterocycles. The van der Waals surface area contributed by atoms with Gasteiger partial charge in [0.05, 0.1) is 9.64 Å². The van der Waals surface area contributed by atoms with Gasteiger partial charge >= 0.3 is 0 Å². The number of benzene rings is 1. The van der Waals surface area contributed by atoms with Crippen LogP contribution < -0.4 is 5.73 Å². The molecule has 16 heavy (non-hydrogen) atoms. The molecule has 0 fully saturated rings. The van der Waals surface area contributed by atoms with Crippen molar-refractivity contribution in [1.29, 1.82) is 0 Å². The molecule has 0 saturated heterocycles. The van der Waals surface area contributed by atoms with Gasteiger partial charge in [-0.2, -0.15) is 0 Å². The van der Waals surface area contributed by atoms with Gasteiger partial charge in [-0.05, 0) is 39.3 Å². The van der Waals surface area contributed by atoms with E-state index in [1.54, 1.807) is 19.9 Å². The van der Waals surface area contributed by atoms with Crippen LogP contribution in [0.25, 0.3) is 0 Å². The van der Waals surface area contributed by atoms with Gasteiger partial charge in [0.2, 0.25) is 0 Å². The van der Waals surface area contributed by atoms with Gasteiger partial charge in [0.25, 0.3) is 0 Å². The van der Waals surface area contributed by atoms with Crippen LogP contribution in [0.3, 0.4) is 0 Å². The summed E-state index contributed by atoms with van der Waals surface area (Å²) >= 11 is 0. The minimum Gasteiger partial charge on any atom is -0.329 e. The molecule has 3 nitrogen and oxygen atoms in total. The molecule has 0 bridgehead atoms. The summed E-state index contributed by atoms with van der Waals surface area (Å²) in [6.45, 7) is 7.18. The SMILES string of the molecule is Cc1ccc(S(=O)(=O)C(C)(C)CN)c(C)c1. The molecular weight excluding hydrogens is 222 g/mol. The second-order valence-corrected chi connectivity index (χ2v) is 7.29. The second kappa shape index (κ2) is 4.18. The maximum absolute atomic E-state index is 12.3. The van der Waals surface area contributed by atoms with E-state index in [9.17, 15) is 8.42 Å². The molecule has 0 aromatic heterocycles. The van der Waals surface area contributed by atoms with Crippen LogP contribution in [0.4, 0.5) is 0 Å². The fourth-order valence-electron chi connectivity index (χ4n) is 1.51. The molecule has 2 N–H and O–H groups in total. The fraction of sp³-hybridized carbons (Fsp3) is 0.500. The molecular formula is C12H19NO2S. The average Bonchev–Trinajstić information content (AvgIpc) is 2.16. The monoisotopic (exact) mass is 241 g/mol. The number of hydrogen-bond acceptors (Lipinski definition) is 3. The molecule has 1 rings (SSSR count). The highest BCUT2D eigenvalue weighted by atomic mass is 32.2. The Morgan fingerprint density at radius 3 is 2.25 bits per heavy atom. The van der Waals surface area contributed by atoms with Crippen LogP contribution in [0.15, 0.2) is 23.1 Å². The first-order valence-corrected chi connectivity index (χ1v) is 6.72. The Labute approximate surface area is 97.6 Å². The van der Waals surface area contributed by atoms with Gasteiger partial charge in [0.15, 0.2) is 9.84 Å². The van der Waals surface area contributed by atoms with E-state index >= 15 is 0 Å². The number of nitrogens with two attached hydrogens (primary N) is 1. The fourth-order valence-corrected chi connectivity index (χ4v) is 3.05. The predicted molar refractivity (Wildman–Crippen MR) is 66.2 cm³/mol. The zero-order valence-corrected chi connectivity index (χ0v) is 11.1. The van der Waals surface area contributed by atoms with Crippen molar-refractivity contribution in [3.8, 4) is 0 Å². The van der Waals surface area contributed by atoms with Gasteiger partial charge in [-0.3, -0.25) is 0 Å². The summed E-state index contributed by atoms with van der Waals surface area (Å²) < 4.78 is 23.8. The molecule has 1 aromatic rings. The van der Waals surface area contributed by atoms with Crippen LogP contribution in [0.5, 0.6) is 0 Å². The Morgan fingerprint density at radius 2 is 1.81 bits per heavy atom. The van der Waals surface area contributed by atoms with E-state index in [2.05, 4.69) is 0 Å². The molecule has 0 aliphatic rings. The van der Waals surface area contributed by atoms with Crippen LogP contribution in [0, 0.1) is 13.8 Å². The maximum Gasteiger partial charge on any atom is 0.185 e. The predicted octanol–water partition coefficient (Wildman–Crippen LogP) is 1.81. The number of rotatable bonds is 3. The second-order valence-electron chi connectivity index (χ2n) is 4.74. The topological polar surface area (TPSA) is 60.2 Å². The van der Waals surface area contributed by atoms with Crippen molar-refractivity contribution < 1.29 is 8.42 Å². The van der Waals surface area contributed by atoms with E-state index < -0.39 is 14.6 Å². The van der Waals surface area contributed by atoms with Gasteiger partial charge in [-0.25, -0.2) is 8.42 Å². The van der Waals surface area contributed by atoms with E-state index in [-0.39, 0.29) is 6.54 Å². The number of hydrogen-bond donors (Lipinski definition) is 1. The highest BCUT2D eigenvalue weighted by molar-refractivity contribution is 7.92. The van der Waals surface area contributed by atoms with Crippen LogP contribution in [0.1, 0.15) is 25.0 Å². The molecule has 0 unspecified atom stereocenters. The molecule has 0 heterocycles. The third kappa shape index (κ3) is 2.13. The lowest BCUT2D eigenvalue weighted by Gasteiger charge is -2.23. The number of sulfone groups is 1. The smallest absolute Gasteiger partial charge is 0.185 e. The highest BCUT2D eigenvalue weighted by Crippen LogP contribution is 2.27. The van der Waals surface area contributed by atoms with Crippen molar-refractivity contribution in [2.75, 3.05) is 6.54 Å². The Kier molecular flexibility index (Phi) is 3.45. The summed E-state index contributed by atoms with van der Waals surface area (Å²) in [5, 5.41) is 0. The maximum atomic E-state index is 12.3. The molecule has 1 aromatic carbocycles. The van der Waals surface area contributed by atoms with E-state index in [4.69, 9.17) is 5.73 Å². The average molecular weight is 241 g/mol. The summed E-state index contributed by atoms with van der Waals surface area (Å²) in [6.07, 6.45) is 0. The van der Waals surface area contributed by atoms with E-state index in [1.807, 2.05) is 26.0 Å². The lowest BCUT2D eigenvalue weighted by Crippen LogP contribution is -2.39. The lowest BCUT2D eigenvalue weighted by atomic mass is 10.2. The Morgan fingerprint density at radius 1 is 1.25 bits per heavy atom. The summed E-state index contributed by atoms with van der Waals surface area (Å²) in [5.41, 5.74) is 7.37. The van der Waals surface area contributed by atoms with Crippen molar-refractivity contribution in [3.63, 3.8) is 0 Å².